The fourth-order valence-electron chi connectivity index (χ4n) is 3.18. The molecular weight excluding hydrogens is 379 g/mol. The maximum absolute atomic E-state index is 12.6. The fraction of sp³-hybridized carbons (Fsp3) is 0.643. The van der Waals surface area contributed by atoms with Gasteiger partial charge in [0.25, 0.3) is 0 Å². The third kappa shape index (κ3) is 3.54. The molecule has 3 heterocycles. The number of halogens is 2. The number of likely N-dealkylation sites (tertiary alicyclic amines) is 1. The molecule has 2 fully saturated rings. The zero-order valence-corrected chi connectivity index (χ0v) is 15.6. The highest BCUT2D eigenvalue weighted by molar-refractivity contribution is 7.89. The maximum atomic E-state index is 12.6. The second kappa shape index (κ2) is 6.88. The molecule has 0 aromatic carbocycles. The Bertz CT molecular complexity index is 691. The van der Waals surface area contributed by atoms with E-state index in [4.69, 9.17) is 23.2 Å². The molecule has 0 atom stereocenters. The highest BCUT2D eigenvalue weighted by atomic mass is 35.5. The van der Waals surface area contributed by atoms with Crippen LogP contribution in [0.25, 0.3) is 0 Å². The van der Waals surface area contributed by atoms with Gasteiger partial charge in [0.2, 0.25) is 15.9 Å². The van der Waals surface area contributed by atoms with Crippen molar-refractivity contribution >= 4 is 50.5 Å². The standard InChI is InChI=1S/C14H18Cl2N2O3S2/c15-12-9-11(13(16)22-12)23(20,21)18-7-3-10(4-8-18)14(19)17-5-1-2-6-17/h9-10H,1-8H2. The van der Waals surface area contributed by atoms with Crippen LogP contribution in [0.3, 0.4) is 0 Å². The van der Waals surface area contributed by atoms with Gasteiger partial charge in [-0.2, -0.15) is 4.31 Å². The Kier molecular flexibility index (Phi) is 5.23. The van der Waals surface area contributed by atoms with Crippen molar-refractivity contribution in [2.45, 2.75) is 30.6 Å². The first-order valence-corrected chi connectivity index (χ1v) is 10.6. The number of sulfonamides is 1. The lowest BCUT2D eigenvalue weighted by Crippen LogP contribution is -2.43. The summed E-state index contributed by atoms with van der Waals surface area (Å²) in [5.41, 5.74) is 0. The number of hydrogen-bond acceptors (Lipinski definition) is 4. The van der Waals surface area contributed by atoms with E-state index >= 15 is 0 Å². The molecule has 23 heavy (non-hydrogen) atoms. The average Bonchev–Trinajstić information content (AvgIpc) is 3.16. The van der Waals surface area contributed by atoms with Gasteiger partial charge in [0.1, 0.15) is 9.23 Å². The first-order valence-electron chi connectivity index (χ1n) is 7.63. The van der Waals surface area contributed by atoms with E-state index in [1.54, 1.807) is 0 Å². The molecule has 1 aromatic rings. The minimum Gasteiger partial charge on any atom is -0.342 e. The lowest BCUT2D eigenvalue weighted by Gasteiger charge is -2.32. The minimum absolute atomic E-state index is 0.0680. The summed E-state index contributed by atoms with van der Waals surface area (Å²) in [5.74, 6) is 0.109. The van der Waals surface area contributed by atoms with Gasteiger partial charge in [-0.3, -0.25) is 4.79 Å². The van der Waals surface area contributed by atoms with Gasteiger partial charge in [0.15, 0.2) is 0 Å². The van der Waals surface area contributed by atoms with Crippen LogP contribution in [-0.4, -0.2) is 49.7 Å². The third-order valence-corrected chi connectivity index (χ3v) is 8.12. The highest BCUT2D eigenvalue weighted by Crippen LogP contribution is 2.37. The van der Waals surface area contributed by atoms with Gasteiger partial charge in [0, 0.05) is 32.1 Å². The van der Waals surface area contributed by atoms with E-state index in [1.165, 1.54) is 10.4 Å². The van der Waals surface area contributed by atoms with E-state index in [1.807, 2.05) is 4.90 Å². The van der Waals surface area contributed by atoms with Crippen molar-refractivity contribution in [3.05, 3.63) is 14.7 Å². The Morgan fingerprint density at radius 1 is 1.13 bits per heavy atom. The Morgan fingerprint density at radius 2 is 1.74 bits per heavy atom. The second-order valence-corrected chi connectivity index (χ2v) is 10.1. The predicted octanol–water partition coefficient (Wildman–Crippen LogP) is 3.08. The van der Waals surface area contributed by atoms with Crippen LogP contribution in [0.2, 0.25) is 8.67 Å². The summed E-state index contributed by atoms with van der Waals surface area (Å²) in [6, 6.07) is 1.39. The van der Waals surface area contributed by atoms with Crippen molar-refractivity contribution in [3.63, 3.8) is 0 Å². The summed E-state index contributed by atoms with van der Waals surface area (Å²) < 4.78 is 27.2. The van der Waals surface area contributed by atoms with Gasteiger partial charge < -0.3 is 4.90 Å². The minimum atomic E-state index is -3.64. The summed E-state index contributed by atoms with van der Waals surface area (Å²) in [6.45, 7) is 2.35. The van der Waals surface area contributed by atoms with Crippen molar-refractivity contribution in [3.8, 4) is 0 Å². The Morgan fingerprint density at radius 3 is 2.26 bits per heavy atom. The SMILES string of the molecule is O=C(C1CCN(S(=O)(=O)c2cc(Cl)sc2Cl)CC1)N1CCCC1. The second-order valence-electron chi connectivity index (χ2n) is 5.90. The molecule has 2 aliphatic rings. The van der Waals surface area contributed by atoms with Crippen molar-refractivity contribution in [2.24, 2.45) is 5.92 Å². The molecule has 0 aliphatic carbocycles. The molecular formula is C14H18Cl2N2O3S2. The lowest BCUT2D eigenvalue weighted by atomic mass is 9.97. The summed E-state index contributed by atoms with van der Waals surface area (Å²) in [7, 11) is -3.64. The molecule has 0 bridgehead atoms. The number of piperidine rings is 1. The number of hydrogen-bond donors (Lipinski definition) is 0. The first kappa shape index (κ1) is 17.5. The normalized spacial score (nSPS) is 21.0. The molecule has 1 aromatic heterocycles. The van der Waals surface area contributed by atoms with Crippen LogP contribution in [0, 0.1) is 5.92 Å². The molecule has 128 valence electrons. The molecule has 0 unspecified atom stereocenters. The number of nitrogens with zero attached hydrogens (tertiary/aromatic N) is 2. The van der Waals surface area contributed by atoms with Crippen molar-refractivity contribution in [1.29, 1.82) is 0 Å². The number of carbonyl (C=O) groups excluding carboxylic acids is 1. The van der Waals surface area contributed by atoms with Gasteiger partial charge in [-0.25, -0.2) is 8.42 Å². The number of amides is 1. The molecule has 3 rings (SSSR count). The number of thiophene rings is 1. The zero-order valence-electron chi connectivity index (χ0n) is 12.5. The maximum Gasteiger partial charge on any atom is 0.245 e. The quantitative estimate of drug-likeness (QED) is 0.788. The summed E-state index contributed by atoms with van der Waals surface area (Å²) in [5, 5.41) is 0. The van der Waals surface area contributed by atoms with Crippen LogP contribution in [0.4, 0.5) is 0 Å². The van der Waals surface area contributed by atoms with Crippen molar-refractivity contribution < 1.29 is 13.2 Å². The molecule has 0 spiro atoms. The molecule has 0 radical (unpaired) electrons. The Balaban J connectivity index is 1.66. The summed E-state index contributed by atoms with van der Waals surface area (Å²) >= 11 is 12.9. The van der Waals surface area contributed by atoms with E-state index < -0.39 is 10.0 Å². The first-order chi connectivity index (χ1) is 10.9. The van der Waals surface area contributed by atoms with Gasteiger partial charge >= 0.3 is 0 Å². The van der Waals surface area contributed by atoms with Gasteiger partial charge in [-0.05, 0) is 31.7 Å². The van der Waals surface area contributed by atoms with E-state index in [2.05, 4.69) is 0 Å². The Hall–Kier alpha value is -0.340. The zero-order chi connectivity index (χ0) is 16.6. The fourth-order valence-corrected chi connectivity index (χ4v) is 6.76. The Labute approximate surface area is 150 Å². The van der Waals surface area contributed by atoms with E-state index in [-0.39, 0.29) is 21.1 Å². The van der Waals surface area contributed by atoms with Crippen LogP contribution in [0.1, 0.15) is 25.7 Å². The van der Waals surface area contributed by atoms with Crippen LogP contribution in [-0.2, 0) is 14.8 Å². The van der Waals surface area contributed by atoms with Crippen molar-refractivity contribution in [2.75, 3.05) is 26.2 Å². The summed E-state index contributed by atoms with van der Waals surface area (Å²) in [4.78, 5) is 14.4. The van der Waals surface area contributed by atoms with Crippen LogP contribution < -0.4 is 0 Å². The molecule has 1 amide bonds. The molecule has 9 heteroatoms. The van der Waals surface area contributed by atoms with Crippen molar-refractivity contribution in [1.82, 2.24) is 9.21 Å². The van der Waals surface area contributed by atoms with E-state index in [0.717, 1.165) is 37.3 Å². The highest BCUT2D eigenvalue weighted by Gasteiger charge is 2.35. The molecule has 2 aliphatic heterocycles. The van der Waals surface area contributed by atoms with Crippen LogP contribution >= 0.6 is 34.5 Å². The molecule has 2 saturated heterocycles. The van der Waals surface area contributed by atoms with E-state index in [0.29, 0.717) is 30.3 Å². The summed E-state index contributed by atoms with van der Waals surface area (Å²) in [6.07, 6.45) is 3.25. The van der Waals surface area contributed by atoms with E-state index in [9.17, 15) is 13.2 Å². The predicted molar refractivity (Wildman–Crippen MR) is 91.6 cm³/mol. The third-order valence-electron chi connectivity index (χ3n) is 4.46. The topological polar surface area (TPSA) is 57.7 Å². The molecule has 0 N–H and O–H groups in total. The number of carbonyl (C=O) groups is 1. The van der Waals surface area contributed by atoms with Crippen LogP contribution in [0.15, 0.2) is 11.0 Å². The number of rotatable bonds is 3. The monoisotopic (exact) mass is 396 g/mol. The largest absolute Gasteiger partial charge is 0.342 e. The van der Waals surface area contributed by atoms with Crippen LogP contribution in [0.5, 0.6) is 0 Å². The van der Waals surface area contributed by atoms with Gasteiger partial charge in [0.05, 0.1) is 4.34 Å². The van der Waals surface area contributed by atoms with Gasteiger partial charge in [-0.15, -0.1) is 11.3 Å². The average molecular weight is 397 g/mol. The smallest absolute Gasteiger partial charge is 0.245 e. The molecule has 0 saturated carbocycles. The van der Waals surface area contributed by atoms with Gasteiger partial charge in [-0.1, -0.05) is 23.2 Å². The molecule has 5 nitrogen and oxygen atoms in total. The lowest BCUT2D eigenvalue weighted by molar-refractivity contribution is -0.135.